The Morgan fingerprint density at radius 3 is 2.94 bits per heavy atom. The van der Waals surface area contributed by atoms with Crippen LogP contribution in [0.25, 0.3) is 0 Å². The Hall–Kier alpha value is -0.900. The average Bonchev–Trinajstić information content (AvgIpc) is 3.19. The zero-order chi connectivity index (χ0) is 12.1. The molecule has 1 atom stereocenters. The van der Waals surface area contributed by atoms with Gasteiger partial charge in [-0.2, -0.15) is 0 Å². The van der Waals surface area contributed by atoms with Gasteiger partial charge in [0.05, 0.1) is 19.3 Å². The monoisotopic (exact) mass is 235 g/mol. The van der Waals surface area contributed by atoms with Crippen molar-refractivity contribution in [1.82, 2.24) is 5.32 Å². The summed E-state index contributed by atoms with van der Waals surface area (Å²) in [5.74, 6) is 0.794. The number of benzene rings is 1. The predicted molar refractivity (Wildman–Crippen MR) is 68.0 cm³/mol. The number of aliphatic hydroxyl groups excluding tert-OH is 1. The van der Waals surface area contributed by atoms with Crippen molar-refractivity contribution in [2.75, 3.05) is 20.3 Å². The van der Waals surface area contributed by atoms with E-state index < -0.39 is 0 Å². The largest absolute Gasteiger partial charge is 0.395 e. The van der Waals surface area contributed by atoms with Gasteiger partial charge in [-0.05, 0) is 29.9 Å². The first kappa shape index (κ1) is 12.6. The van der Waals surface area contributed by atoms with Crippen molar-refractivity contribution in [2.45, 2.75) is 31.3 Å². The SMILES string of the molecule is COCC(CO)NCc1cccc(C2CC2)c1. The van der Waals surface area contributed by atoms with Gasteiger partial charge in [0.25, 0.3) is 0 Å². The van der Waals surface area contributed by atoms with Gasteiger partial charge in [-0.3, -0.25) is 0 Å². The van der Waals surface area contributed by atoms with E-state index in [0.717, 1.165) is 12.5 Å². The molecule has 0 bridgehead atoms. The smallest absolute Gasteiger partial charge is 0.0638 e. The molecule has 0 saturated heterocycles. The van der Waals surface area contributed by atoms with E-state index in [1.165, 1.54) is 24.0 Å². The van der Waals surface area contributed by atoms with E-state index in [0.29, 0.717) is 6.61 Å². The van der Waals surface area contributed by atoms with Gasteiger partial charge in [0, 0.05) is 13.7 Å². The Bertz CT molecular complexity index is 350. The molecule has 0 aliphatic heterocycles. The second-order valence-corrected chi connectivity index (χ2v) is 4.74. The fourth-order valence-electron chi connectivity index (χ4n) is 2.01. The van der Waals surface area contributed by atoms with Gasteiger partial charge in [0.1, 0.15) is 0 Å². The van der Waals surface area contributed by atoms with Gasteiger partial charge in [-0.15, -0.1) is 0 Å². The quantitative estimate of drug-likeness (QED) is 0.755. The summed E-state index contributed by atoms with van der Waals surface area (Å²) in [5, 5.41) is 12.4. The molecule has 0 spiro atoms. The molecule has 1 aliphatic carbocycles. The van der Waals surface area contributed by atoms with Crippen molar-refractivity contribution in [3.05, 3.63) is 35.4 Å². The molecule has 3 heteroatoms. The number of aliphatic hydroxyl groups is 1. The number of hydrogen-bond donors (Lipinski definition) is 2. The number of nitrogens with one attached hydrogen (secondary N) is 1. The predicted octanol–water partition coefficient (Wildman–Crippen LogP) is 1.66. The summed E-state index contributed by atoms with van der Waals surface area (Å²) in [7, 11) is 1.65. The molecule has 2 rings (SSSR count). The minimum Gasteiger partial charge on any atom is -0.395 e. The molecule has 0 aromatic heterocycles. The molecule has 0 amide bonds. The Morgan fingerprint density at radius 1 is 1.47 bits per heavy atom. The molecule has 2 N–H and O–H groups in total. The lowest BCUT2D eigenvalue weighted by Gasteiger charge is -2.15. The van der Waals surface area contributed by atoms with Crippen LogP contribution in [0.5, 0.6) is 0 Å². The Balaban J connectivity index is 1.87. The van der Waals surface area contributed by atoms with Crippen LogP contribution in [0.3, 0.4) is 0 Å². The topological polar surface area (TPSA) is 41.5 Å². The molecule has 0 heterocycles. The third kappa shape index (κ3) is 3.80. The van der Waals surface area contributed by atoms with Gasteiger partial charge < -0.3 is 15.2 Å². The van der Waals surface area contributed by atoms with Gasteiger partial charge in [-0.1, -0.05) is 24.3 Å². The lowest BCUT2D eigenvalue weighted by Crippen LogP contribution is -2.35. The van der Waals surface area contributed by atoms with Crippen LogP contribution in [0.15, 0.2) is 24.3 Å². The van der Waals surface area contributed by atoms with Crippen LogP contribution in [-0.2, 0) is 11.3 Å². The molecule has 1 saturated carbocycles. The lowest BCUT2D eigenvalue weighted by atomic mass is 10.1. The number of methoxy groups -OCH3 is 1. The van der Waals surface area contributed by atoms with Crippen molar-refractivity contribution >= 4 is 0 Å². The van der Waals surface area contributed by atoms with Crippen molar-refractivity contribution < 1.29 is 9.84 Å². The summed E-state index contributed by atoms with van der Waals surface area (Å²) < 4.78 is 5.03. The molecular weight excluding hydrogens is 214 g/mol. The highest BCUT2D eigenvalue weighted by atomic mass is 16.5. The fraction of sp³-hybridized carbons (Fsp3) is 0.571. The van der Waals surface area contributed by atoms with E-state index in [1.54, 1.807) is 7.11 Å². The maximum atomic E-state index is 9.15. The molecule has 1 aromatic carbocycles. The van der Waals surface area contributed by atoms with E-state index >= 15 is 0 Å². The van der Waals surface area contributed by atoms with E-state index in [1.807, 2.05) is 0 Å². The summed E-state index contributed by atoms with van der Waals surface area (Å²) in [6, 6.07) is 8.74. The molecular formula is C14H21NO2. The molecule has 1 unspecified atom stereocenters. The lowest BCUT2D eigenvalue weighted by molar-refractivity contribution is 0.128. The summed E-state index contributed by atoms with van der Waals surface area (Å²) >= 11 is 0. The van der Waals surface area contributed by atoms with Crippen LogP contribution < -0.4 is 5.32 Å². The van der Waals surface area contributed by atoms with Crippen molar-refractivity contribution in [3.63, 3.8) is 0 Å². The zero-order valence-corrected chi connectivity index (χ0v) is 10.4. The zero-order valence-electron chi connectivity index (χ0n) is 10.4. The van der Waals surface area contributed by atoms with Crippen LogP contribution in [0.4, 0.5) is 0 Å². The van der Waals surface area contributed by atoms with E-state index in [9.17, 15) is 0 Å². The summed E-state index contributed by atoms with van der Waals surface area (Å²) in [6.45, 7) is 1.43. The molecule has 1 aliphatic rings. The number of hydrogen-bond acceptors (Lipinski definition) is 3. The van der Waals surface area contributed by atoms with Gasteiger partial charge >= 0.3 is 0 Å². The first-order valence-corrected chi connectivity index (χ1v) is 6.25. The number of rotatable bonds is 7. The van der Waals surface area contributed by atoms with Crippen LogP contribution in [-0.4, -0.2) is 31.5 Å². The third-order valence-electron chi connectivity index (χ3n) is 3.18. The second-order valence-electron chi connectivity index (χ2n) is 4.74. The van der Waals surface area contributed by atoms with Crippen LogP contribution in [0.1, 0.15) is 29.9 Å². The second kappa shape index (κ2) is 6.15. The highest BCUT2D eigenvalue weighted by Gasteiger charge is 2.23. The van der Waals surface area contributed by atoms with Crippen molar-refractivity contribution in [2.24, 2.45) is 0 Å². The van der Waals surface area contributed by atoms with Crippen molar-refractivity contribution in [1.29, 1.82) is 0 Å². The molecule has 17 heavy (non-hydrogen) atoms. The third-order valence-corrected chi connectivity index (χ3v) is 3.18. The van der Waals surface area contributed by atoms with Crippen LogP contribution >= 0.6 is 0 Å². The molecule has 94 valence electrons. The Kier molecular flexibility index (Phi) is 4.54. The standard InChI is InChI=1S/C14H21NO2/c1-17-10-14(9-16)15-8-11-3-2-4-13(7-11)12-5-6-12/h2-4,7,12,14-16H,5-6,8-10H2,1H3. The summed E-state index contributed by atoms with van der Waals surface area (Å²) in [4.78, 5) is 0. The molecule has 1 aromatic rings. The molecule has 1 fully saturated rings. The normalized spacial score (nSPS) is 17.1. The summed E-state index contributed by atoms with van der Waals surface area (Å²) in [5.41, 5.74) is 2.74. The minimum absolute atomic E-state index is 0.0181. The minimum atomic E-state index is 0.0181. The molecule has 3 nitrogen and oxygen atoms in total. The van der Waals surface area contributed by atoms with Crippen LogP contribution in [0, 0.1) is 0 Å². The van der Waals surface area contributed by atoms with Crippen LogP contribution in [0.2, 0.25) is 0 Å². The van der Waals surface area contributed by atoms with Gasteiger partial charge in [0.2, 0.25) is 0 Å². The van der Waals surface area contributed by atoms with Crippen molar-refractivity contribution in [3.8, 4) is 0 Å². The Labute approximate surface area is 103 Å². The van der Waals surface area contributed by atoms with Gasteiger partial charge in [-0.25, -0.2) is 0 Å². The highest BCUT2D eigenvalue weighted by Crippen LogP contribution is 2.40. The summed E-state index contributed by atoms with van der Waals surface area (Å²) in [6.07, 6.45) is 2.67. The van der Waals surface area contributed by atoms with E-state index in [-0.39, 0.29) is 12.6 Å². The highest BCUT2D eigenvalue weighted by molar-refractivity contribution is 5.29. The maximum absolute atomic E-state index is 9.15. The fourth-order valence-corrected chi connectivity index (χ4v) is 2.01. The van der Waals surface area contributed by atoms with Gasteiger partial charge in [0.15, 0.2) is 0 Å². The first-order valence-electron chi connectivity index (χ1n) is 6.25. The maximum Gasteiger partial charge on any atom is 0.0638 e. The van der Waals surface area contributed by atoms with E-state index in [4.69, 9.17) is 9.84 Å². The molecule has 0 radical (unpaired) electrons. The first-order chi connectivity index (χ1) is 8.33. The Morgan fingerprint density at radius 2 is 2.29 bits per heavy atom. The number of ether oxygens (including phenoxy) is 1. The average molecular weight is 235 g/mol. The van der Waals surface area contributed by atoms with E-state index in [2.05, 4.69) is 29.6 Å².